The van der Waals surface area contributed by atoms with Gasteiger partial charge < -0.3 is 5.73 Å². The summed E-state index contributed by atoms with van der Waals surface area (Å²) >= 11 is 0. The van der Waals surface area contributed by atoms with E-state index in [0.29, 0.717) is 5.75 Å². The zero-order valence-corrected chi connectivity index (χ0v) is 10.1. The second-order valence-corrected chi connectivity index (χ2v) is 5.32. The fraction of sp³-hybridized carbons (Fsp3) is 0.500. The Morgan fingerprint density at radius 2 is 2.13 bits per heavy atom. The first-order valence-corrected chi connectivity index (χ1v) is 6.90. The van der Waals surface area contributed by atoms with Crippen molar-refractivity contribution >= 4 is 16.5 Å². The quantitative estimate of drug-likeness (QED) is 0.597. The molecule has 0 fully saturated rings. The highest BCUT2D eigenvalue weighted by atomic mass is 32.2. The highest BCUT2D eigenvalue weighted by Gasteiger charge is 2.01. The lowest BCUT2D eigenvalue weighted by molar-refractivity contribution is 0.676. The second-order valence-electron chi connectivity index (χ2n) is 3.74. The number of hydrogen-bond acceptors (Lipinski definition) is 2. The molecule has 0 amide bonds. The molecule has 1 unspecified atom stereocenters. The van der Waals surface area contributed by atoms with Crippen LogP contribution in [0, 0.1) is 0 Å². The van der Waals surface area contributed by atoms with Crippen LogP contribution in [-0.4, -0.2) is 9.96 Å². The van der Waals surface area contributed by atoms with E-state index in [1.165, 1.54) is 12.8 Å². The molecular weight excluding hydrogens is 206 g/mol. The van der Waals surface area contributed by atoms with Gasteiger partial charge in [0.25, 0.3) is 0 Å². The Hall–Kier alpha value is -0.830. The van der Waals surface area contributed by atoms with Crippen LogP contribution in [0.4, 0.5) is 5.69 Å². The van der Waals surface area contributed by atoms with Crippen molar-refractivity contribution in [1.82, 2.24) is 0 Å². The number of nitrogens with two attached hydrogens (primary N) is 1. The summed E-state index contributed by atoms with van der Waals surface area (Å²) in [4.78, 5) is 0. The number of unbranched alkanes of at least 4 members (excludes halogenated alkanes) is 2. The van der Waals surface area contributed by atoms with Gasteiger partial charge in [0, 0.05) is 28.0 Å². The fourth-order valence-electron chi connectivity index (χ4n) is 1.45. The summed E-state index contributed by atoms with van der Waals surface area (Å²) in [5.74, 6) is 1.44. The summed E-state index contributed by atoms with van der Waals surface area (Å²) in [5, 5.41) is 0. The molecule has 0 saturated heterocycles. The molecule has 2 nitrogen and oxygen atoms in total. The normalized spacial score (nSPS) is 12.6. The Bertz CT molecular complexity index is 325. The monoisotopic (exact) mass is 225 g/mol. The first-order valence-electron chi connectivity index (χ1n) is 5.41. The minimum atomic E-state index is -0.736. The minimum Gasteiger partial charge on any atom is -0.399 e. The molecule has 2 N–H and O–H groups in total. The van der Waals surface area contributed by atoms with Gasteiger partial charge in [-0.2, -0.15) is 0 Å². The number of rotatable bonds is 6. The molecule has 1 aromatic carbocycles. The molecule has 0 radical (unpaired) electrons. The van der Waals surface area contributed by atoms with Crippen molar-refractivity contribution in [3.63, 3.8) is 0 Å². The lowest BCUT2D eigenvalue weighted by Crippen LogP contribution is -2.01. The minimum absolute atomic E-state index is 0.634. The van der Waals surface area contributed by atoms with Gasteiger partial charge >= 0.3 is 0 Å². The zero-order valence-electron chi connectivity index (χ0n) is 9.24. The molecule has 1 aromatic rings. The molecule has 0 aliphatic rings. The summed E-state index contributed by atoms with van der Waals surface area (Å²) in [5.41, 5.74) is 7.48. The fourth-order valence-corrected chi connectivity index (χ4v) is 2.68. The molecule has 0 aliphatic heterocycles. The van der Waals surface area contributed by atoms with Crippen molar-refractivity contribution in [2.75, 3.05) is 11.5 Å². The maximum absolute atomic E-state index is 11.7. The summed E-state index contributed by atoms with van der Waals surface area (Å²) in [6.45, 7) is 2.15. The van der Waals surface area contributed by atoms with Crippen LogP contribution in [0.2, 0.25) is 0 Å². The van der Waals surface area contributed by atoms with E-state index in [1.54, 1.807) is 0 Å². The first kappa shape index (κ1) is 12.2. The lowest BCUT2D eigenvalue weighted by atomic mass is 10.2. The Kier molecular flexibility index (Phi) is 5.40. The Morgan fingerprint density at radius 3 is 2.80 bits per heavy atom. The number of benzene rings is 1. The predicted molar refractivity (Wildman–Crippen MR) is 67.1 cm³/mol. The molecule has 0 spiro atoms. The average Bonchev–Trinajstić information content (AvgIpc) is 2.18. The average molecular weight is 225 g/mol. The topological polar surface area (TPSA) is 43.1 Å². The Labute approximate surface area is 94.3 Å². The van der Waals surface area contributed by atoms with E-state index in [9.17, 15) is 4.21 Å². The molecule has 0 heterocycles. The molecule has 84 valence electrons. The van der Waals surface area contributed by atoms with Gasteiger partial charge in [-0.3, -0.25) is 4.21 Å². The van der Waals surface area contributed by atoms with Crippen LogP contribution < -0.4 is 5.73 Å². The van der Waals surface area contributed by atoms with Crippen LogP contribution in [-0.2, 0) is 16.6 Å². The van der Waals surface area contributed by atoms with Gasteiger partial charge in [0.05, 0.1) is 0 Å². The van der Waals surface area contributed by atoms with Crippen molar-refractivity contribution in [2.45, 2.75) is 31.9 Å². The van der Waals surface area contributed by atoms with Gasteiger partial charge in [-0.1, -0.05) is 31.9 Å². The summed E-state index contributed by atoms with van der Waals surface area (Å²) in [7, 11) is -0.736. The summed E-state index contributed by atoms with van der Waals surface area (Å²) < 4.78 is 11.7. The molecule has 0 aliphatic carbocycles. The third-order valence-electron chi connectivity index (χ3n) is 2.25. The van der Waals surface area contributed by atoms with E-state index in [0.717, 1.165) is 23.4 Å². The summed E-state index contributed by atoms with van der Waals surface area (Å²) in [6.07, 6.45) is 3.41. The number of hydrogen-bond donors (Lipinski definition) is 1. The SMILES string of the molecule is CCCCCS(=O)Cc1cccc(N)c1. The van der Waals surface area contributed by atoms with Gasteiger partial charge in [-0.05, 0) is 24.1 Å². The smallest absolute Gasteiger partial charge is 0.0486 e. The van der Waals surface area contributed by atoms with Crippen LogP contribution in [0.5, 0.6) is 0 Å². The number of nitrogen functional groups attached to an aromatic ring is 1. The maximum Gasteiger partial charge on any atom is 0.0486 e. The van der Waals surface area contributed by atoms with Gasteiger partial charge in [0.15, 0.2) is 0 Å². The standard InChI is InChI=1S/C12H19NOS/c1-2-3-4-8-15(14)10-11-6-5-7-12(13)9-11/h5-7,9H,2-4,8,10,13H2,1H3. The Balaban J connectivity index is 2.37. The van der Waals surface area contributed by atoms with Gasteiger partial charge in [-0.25, -0.2) is 0 Å². The molecule has 3 heteroatoms. The highest BCUT2D eigenvalue weighted by molar-refractivity contribution is 7.84. The molecule has 0 aromatic heterocycles. The van der Waals surface area contributed by atoms with E-state index in [4.69, 9.17) is 5.73 Å². The maximum atomic E-state index is 11.7. The molecule has 1 atom stereocenters. The molecule has 0 bridgehead atoms. The molecule has 1 rings (SSSR count). The highest BCUT2D eigenvalue weighted by Crippen LogP contribution is 2.09. The molecular formula is C12H19NOS. The van der Waals surface area contributed by atoms with E-state index < -0.39 is 10.8 Å². The zero-order chi connectivity index (χ0) is 11.1. The van der Waals surface area contributed by atoms with Crippen LogP contribution >= 0.6 is 0 Å². The third-order valence-corrected chi connectivity index (χ3v) is 3.65. The van der Waals surface area contributed by atoms with Crippen molar-refractivity contribution in [2.24, 2.45) is 0 Å². The van der Waals surface area contributed by atoms with E-state index in [2.05, 4.69) is 6.92 Å². The van der Waals surface area contributed by atoms with Crippen LogP contribution in [0.15, 0.2) is 24.3 Å². The Morgan fingerprint density at radius 1 is 1.33 bits per heavy atom. The van der Waals surface area contributed by atoms with Crippen molar-refractivity contribution in [1.29, 1.82) is 0 Å². The van der Waals surface area contributed by atoms with Gasteiger partial charge in [0.1, 0.15) is 0 Å². The first-order chi connectivity index (χ1) is 7.22. The van der Waals surface area contributed by atoms with Crippen LogP contribution in [0.1, 0.15) is 31.7 Å². The van der Waals surface area contributed by atoms with Gasteiger partial charge in [-0.15, -0.1) is 0 Å². The van der Waals surface area contributed by atoms with E-state index in [1.807, 2.05) is 24.3 Å². The van der Waals surface area contributed by atoms with Crippen molar-refractivity contribution in [3.8, 4) is 0 Å². The molecule has 0 saturated carbocycles. The van der Waals surface area contributed by atoms with E-state index in [-0.39, 0.29) is 0 Å². The van der Waals surface area contributed by atoms with E-state index >= 15 is 0 Å². The largest absolute Gasteiger partial charge is 0.399 e. The van der Waals surface area contributed by atoms with Crippen LogP contribution in [0.25, 0.3) is 0 Å². The van der Waals surface area contributed by atoms with Crippen LogP contribution in [0.3, 0.4) is 0 Å². The number of anilines is 1. The van der Waals surface area contributed by atoms with Crippen molar-refractivity contribution < 1.29 is 4.21 Å². The lowest BCUT2D eigenvalue weighted by Gasteiger charge is -2.03. The van der Waals surface area contributed by atoms with Crippen molar-refractivity contribution in [3.05, 3.63) is 29.8 Å². The third kappa shape index (κ3) is 4.98. The second kappa shape index (κ2) is 6.62. The summed E-state index contributed by atoms with van der Waals surface area (Å²) in [6, 6.07) is 7.64. The van der Waals surface area contributed by atoms with Gasteiger partial charge in [0.2, 0.25) is 0 Å². The predicted octanol–water partition coefficient (Wildman–Crippen LogP) is 2.71. The molecule has 15 heavy (non-hydrogen) atoms.